The number of aromatic nitrogens is 4. The van der Waals surface area contributed by atoms with Crippen molar-refractivity contribution in [1.29, 1.82) is 0 Å². The SMILES string of the molecule is CCc1ccccc1NC(=O)CSc1nnnn1-c1ccccc1. The van der Waals surface area contributed by atoms with E-state index in [1.165, 1.54) is 11.8 Å². The number of carbonyl (C=O) groups excluding carboxylic acids is 1. The van der Waals surface area contributed by atoms with Crippen LogP contribution < -0.4 is 5.32 Å². The molecule has 0 aliphatic carbocycles. The van der Waals surface area contributed by atoms with E-state index in [9.17, 15) is 4.79 Å². The lowest BCUT2D eigenvalue weighted by Gasteiger charge is -2.09. The molecule has 0 saturated carbocycles. The van der Waals surface area contributed by atoms with Gasteiger partial charge in [-0.15, -0.1) is 5.10 Å². The molecule has 122 valence electrons. The molecule has 24 heavy (non-hydrogen) atoms. The van der Waals surface area contributed by atoms with Gasteiger partial charge >= 0.3 is 0 Å². The Hall–Kier alpha value is -2.67. The van der Waals surface area contributed by atoms with Gasteiger partial charge in [0.1, 0.15) is 0 Å². The van der Waals surface area contributed by atoms with E-state index in [-0.39, 0.29) is 11.7 Å². The van der Waals surface area contributed by atoms with Gasteiger partial charge < -0.3 is 5.32 Å². The van der Waals surface area contributed by atoms with E-state index < -0.39 is 0 Å². The smallest absolute Gasteiger partial charge is 0.234 e. The van der Waals surface area contributed by atoms with Crippen molar-refractivity contribution in [3.05, 3.63) is 60.2 Å². The Morgan fingerprint density at radius 2 is 1.88 bits per heavy atom. The normalized spacial score (nSPS) is 10.5. The molecule has 0 aliphatic rings. The number of hydrogen-bond acceptors (Lipinski definition) is 5. The third-order valence-electron chi connectivity index (χ3n) is 3.45. The van der Waals surface area contributed by atoms with Crippen LogP contribution in [-0.4, -0.2) is 31.9 Å². The molecule has 0 bridgehead atoms. The number of amides is 1. The second kappa shape index (κ2) is 7.74. The molecule has 1 aromatic heterocycles. The molecule has 1 amide bonds. The fourth-order valence-corrected chi connectivity index (χ4v) is 2.96. The van der Waals surface area contributed by atoms with Crippen LogP contribution in [-0.2, 0) is 11.2 Å². The van der Waals surface area contributed by atoms with Crippen molar-refractivity contribution in [1.82, 2.24) is 20.2 Å². The molecule has 3 aromatic rings. The summed E-state index contributed by atoms with van der Waals surface area (Å²) in [5.41, 5.74) is 2.83. The highest BCUT2D eigenvalue weighted by Gasteiger charge is 2.12. The maximum absolute atomic E-state index is 12.2. The van der Waals surface area contributed by atoms with Gasteiger partial charge in [0.2, 0.25) is 11.1 Å². The molecule has 1 heterocycles. The summed E-state index contributed by atoms with van der Waals surface area (Å²) in [7, 11) is 0. The van der Waals surface area contributed by atoms with Crippen molar-refractivity contribution in [2.24, 2.45) is 0 Å². The number of benzene rings is 2. The van der Waals surface area contributed by atoms with Gasteiger partial charge in [-0.3, -0.25) is 4.79 Å². The maximum Gasteiger partial charge on any atom is 0.234 e. The van der Waals surface area contributed by atoms with Crippen LogP contribution in [0.15, 0.2) is 59.8 Å². The van der Waals surface area contributed by atoms with E-state index in [4.69, 9.17) is 0 Å². The molecule has 0 saturated heterocycles. The lowest BCUT2D eigenvalue weighted by molar-refractivity contribution is -0.113. The van der Waals surface area contributed by atoms with Crippen LogP contribution in [0.2, 0.25) is 0 Å². The lowest BCUT2D eigenvalue weighted by Crippen LogP contribution is -2.15. The Balaban J connectivity index is 1.64. The Morgan fingerprint density at radius 1 is 1.12 bits per heavy atom. The van der Waals surface area contributed by atoms with E-state index in [2.05, 4.69) is 27.8 Å². The number of thioether (sulfide) groups is 1. The molecule has 0 aliphatic heterocycles. The number of aryl methyl sites for hydroxylation is 1. The summed E-state index contributed by atoms with van der Waals surface area (Å²) in [6, 6.07) is 17.4. The summed E-state index contributed by atoms with van der Waals surface area (Å²) in [5.74, 6) is 0.161. The van der Waals surface area contributed by atoms with Gasteiger partial charge in [0.05, 0.1) is 11.4 Å². The number of para-hydroxylation sites is 2. The van der Waals surface area contributed by atoms with Crippen molar-refractivity contribution in [3.8, 4) is 5.69 Å². The molecule has 0 radical (unpaired) electrons. The minimum absolute atomic E-state index is 0.0801. The van der Waals surface area contributed by atoms with Gasteiger partial charge in [0.25, 0.3) is 0 Å². The van der Waals surface area contributed by atoms with Gasteiger partial charge in [0, 0.05) is 5.69 Å². The van der Waals surface area contributed by atoms with Crippen molar-refractivity contribution < 1.29 is 4.79 Å². The Bertz CT molecular complexity index is 819. The van der Waals surface area contributed by atoms with Crippen LogP contribution in [0.3, 0.4) is 0 Å². The van der Waals surface area contributed by atoms with Crippen LogP contribution in [0, 0.1) is 0 Å². The molecule has 0 spiro atoms. The average Bonchev–Trinajstić information content (AvgIpc) is 3.10. The van der Waals surface area contributed by atoms with Crippen LogP contribution >= 0.6 is 11.8 Å². The highest BCUT2D eigenvalue weighted by molar-refractivity contribution is 7.99. The topological polar surface area (TPSA) is 72.7 Å². The monoisotopic (exact) mass is 339 g/mol. The number of hydrogen-bond donors (Lipinski definition) is 1. The van der Waals surface area contributed by atoms with Gasteiger partial charge in [0.15, 0.2) is 0 Å². The van der Waals surface area contributed by atoms with E-state index in [1.54, 1.807) is 4.68 Å². The first-order valence-corrected chi connectivity index (χ1v) is 8.61. The zero-order chi connectivity index (χ0) is 16.8. The van der Waals surface area contributed by atoms with Crippen molar-refractivity contribution >= 4 is 23.4 Å². The minimum atomic E-state index is -0.0801. The average molecular weight is 339 g/mol. The van der Waals surface area contributed by atoms with Crippen LogP contribution in [0.1, 0.15) is 12.5 Å². The van der Waals surface area contributed by atoms with E-state index >= 15 is 0 Å². The molecule has 1 N–H and O–H groups in total. The highest BCUT2D eigenvalue weighted by Crippen LogP contribution is 2.19. The van der Waals surface area contributed by atoms with E-state index in [0.717, 1.165) is 23.4 Å². The van der Waals surface area contributed by atoms with Crippen LogP contribution in [0.5, 0.6) is 0 Å². The maximum atomic E-state index is 12.2. The third kappa shape index (κ3) is 3.80. The summed E-state index contributed by atoms with van der Waals surface area (Å²) in [4.78, 5) is 12.2. The second-order valence-electron chi connectivity index (χ2n) is 5.06. The number of carbonyl (C=O) groups is 1. The number of anilines is 1. The zero-order valence-corrected chi connectivity index (χ0v) is 14.0. The summed E-state index contributed by atoms with van der Waals surface area (Å²) in [5, 5.41) is 15.2. The predicted octanol–water partition coefficient (Wildman–Crippen LogP) is 2.96. The fourth-order valence-electron chi connectivity index (χ4n) is 2.27. The summed E-state index contributed by atoms with van der Waals surface area (Å²) in [6.07, 6.45) is 0.871. The van der Waals surface area contributed by atoms with Crippen molar-refractivity contribution in [3.63, 3.8) is 0 Å². The van der Waals surface area contributed by atoms with Crippen molar-refractivity contribution in [2.45, 2.75) is 18.5 Å². The van der Waals surface area contributed by atoms with Gasteiger partial charge in [-0.05, 0) is 40.6 Å². The molecule has 0 atom stereocenters. The lowest BCUT2D eigenvalue weighted by atomic mass is 10.1. The largest absolute Gasteiger partial charge is 0.325 e. The third-order valence-corrected chi connectivity index (χ3v) is 4.37. The molecular weight excluding hydrogens is 322 g/mol. The first-order valence-electron chi connectivity index (χ1n) is 7.62. The van der Waals surface area contributed by atoms with Gasteiger partial charge in [-0.2, -0.15) is 4.68 Å². The summed E-state index contributed by atoms with van der Waals surface area (Å²) >= 11 is 1.30. The first kappa shape index (κ1) is 16.2. The Morgan fingerprint density at radius 3 is 2.67 bits per heavy atom. The molecule has 0 unspecified atom stereocenters. The van der Waals surface area contributed by atoms with Crippen LogP contribution in [0.4, 0.5) is 5.69 Å². The second-order valence-corrected chi connectivity index (χ2v) is 6.00. The van der Waals surface area contributed by atoms with Gasteiger partial charge in [-0.1, -0.05) is 55.1 Å². The zero-order valence-electron chi connectivity index (χ0n) is 13.2. The molecular formula is C17H17N5OS. The molecule has 2 aromatic carbocycles. The highest BCUT2D eigenvalue weighted by atomic mass is 32.2. The molecule has 0 fully saturated rings. The van der Waals surface area contributed by atoms with E-state index in [1.807, 2.05) is 54.6 Å². The summed E-state index contributed by atoms with van der Waals surface area (Å²) < 4.78 is 1.62. The first-order chi connectivity index (χ1) is 11.8. The van der Waals surface area contributed by atoms with E-state index in [0.29, 0.717) is 5.16 Å². The van der Waals surface area contributed by atoms with Crippen molar-refractivity contribution in [2.75, 3.05) is 11.1 Å². The Labute approximate surface area is 144 Å². The molecule has 7 heteroatoms. The standard InChI is InChI=1S/C17H17N5OS/c1-2-13-8-6-7-11-15(13)18-16(23)12-24-17-19-20-21-22(17)14-9-4-3-5-10-14/h3-11H,2,12H2,1H3,(H,18,23). The predicted molar refractivity (Wildman–Crippen MR) is 94.3 cm³/mol. The van der Waals surface area contributed by atoms with Gasteiger partial charge in [-0.25, -0.2) is 0 Å². The number of nitrogens with zero attached hydrogens (tertiary/aromatic N) is 4. The minimum Gasteiger partial charge on any atom is -0.325 e. The summed E-state index contributed by atoms with van der Waals surface area (Å²) in [6.45, 7) is 2.06. The molecule has 3 rings (SSSR count). The quantitative estimate of drug-likeness (QED) is 0.699. The van der Waals surface area contributed by atoms with Crippen LogP contribution in [0.25, 0.3) is 5.69 Å². The number of tetrazole rings is 1. The number of nitrogens with one attached hydrogen (secondary N) is 1. The Kier molecular flexibility index (Phi) is 5.22. The molecule has 6 nitrogen and oxygen atoms in total. The fraction of sp³-hybridized carbons (Fsp3) is 0.176. The number of rotatable bonds is 6.